The van der Waals surface area contributed by atoms with E-state index in [0.717, 1.165) is 5.56 Å². The lowest BCUT2D eigenvalue weighted by Gasteiger charge is -2.08. The molecule has 1 amide bonds. The lowest BCUT2D eigenvalue weighted by atomic mass is 10.2. The van der Waals surface area contributed by atoms with E-state index in [-0.39, 0.29) is 17.5 Å². The molecule has 0 radical (unpaired) electrons. The summed E-state index contributed by atoms with van der Waals surface area (Å²) in [6.45, 7) is 0.546. The average Bonchev–Trinajstić information content (AvgIpc) is 2.47. The third-order valence-electron chi connectivity index (χ3n) is 2.71. The maximum absolute atomic E-state index is 13.2. The van der Waals surface area contributed by atoms with Crippen molar-refractivity contribution in [1.82, 2.24) is 5.32 Å². The molecule has 0 spiro atoms. The van der Waals surface area contributed by atoms with Gasteiger partial charge < -0.3 is 10.6 Å². The van der Waals surface area contributed by atoms with E-state index in [1.165, 1.54) is 12.1 Å². The van der Waals surface area contributed by atoms with Crippen molar-refractivity contribution in [2.45, 2.75) is 6.54 Å². The number of rotatable bonds is 5. The number of halogens is 2. The third-order valence-corrected chi connectivity index (χ3v) is 3.01. The molecule has 0 bridgehead atoms. The second-order valence-electron chi connectivity index (χ2n) is 4.24. The van der Waals surface area contributed by atoms with Crippen LogP contribution in [0.15, 0.2) is 48.5 Å². The zero-order chi connectivity index (χ0) is 14.4. The molecule has 0 atom stereocenters. The van der Waals surface area contributed by atoms with E-state index >= 15 is 0 Å². The molecule has 2 aromatic rings. The van der Waals surface area contributed by atoms with Crippen LogP contribution < -0.4 is 10.6 Å². The number of amides is 1. The SMILES string of the molecule is O=C(CNc1ccc(Cl)c(F)c1)NCc1ccccc1. The van der Waals surface area contributed by atoms with Crippen molar-refractivity contribution in [1.29, 1.82) is 0 Å². The Balaban J connectivity index is 1.79. The van der Waals surface area contributed by atoms with E-state index in [0.29, 0.717) is 12.2 Å². The van der Waals surface area contributed by atoms with E-state index in [4.69, 9.17) is 11.6 Å². The number of hydrogen-bond acceptors (Lipinski definition) is 2. The Morgan fingerprint density at radius 3 is 2.60 bits per heavy atom. The number of anilines is 1. The molecule has 20 heavy (non-hydrogen) atoms. The molecule has 0 saturated heterocycles. The molecule has 2 aromatic carbocycles. The summed E-state index contributed by atoms with van der Waals surface area (Å²) >= 11 is 5.58. The van der Waals surface area contributed by atoms with Gasteiger partial charge in [0.2, 0.25) is 5.91 Å². The Morgan fingerprint density at radius 1 is 1.15 bits per heavy atom. The zero-order valence-electron chi connectivity index (χ0n) is 10.7. The summed E-state index contributed by atoms with van der Waals surface area (Å²) in [5, 5.41) is 5.67. The molecular weight excluding hydrogens is 279 g/mol. The Bertz CT molecular complexity index is 590. The van der Waals surface area contributed by atoms with Gasteiger partial charge in [0.25, 0.3) is 0 Å². The van der Waals surface area contributed by atoms with E-state index in [9.17, 15) is 9.18 Å². The van der Waals surface area contributed by atoms with Crippen LogP contribution in [0.3, 0.4) is 0 Å². The Hall–Kier alpha value is -2.07. The van der Waals surface area contributed by atoms with Crippen LogP contribution in [0.25, 0.3) is 0 Å². The van der Waals surface area contributed by atoms with Crippen LogP contribution in [0.2, 0.25) is 5.02 Å². The van der Waals surface area contributed by atoms with Crippen molar-refractivity contribution in [2.75, 3.05) is 11.9 Å². The topological polar surface area (TPSA) is 41.1 Å². The highest BCUT2D eigenvalue weighted by Gasteiger charge is 2.03. The lowest BCUT2D eigenvalue weighted by molar-refractivity contribution is -0.119. The number of benzene rings is 2. The van der Waals surface area contributed by atoms with Crippen LogP contribution in [-0.4, -0.2) is 12.5 Å². The third kappa shape index (κ3) is 4.24. The fourth-order valence-electron chi connectivity index (χ4n) is 1.65. The van der Waals surface area contributed by atoms with Gasteiger partial charge in [-0.1, -0.05) is 41.9 Å². The van der Waals surface area contributed by atoms with Crippen molar-refractivity contribution in [3.63, 3.8) is 0 Å². The Kier molecular flexibility index (Phi) is 4.96. The highest BCUT2D eigenvalue weighted by Crippen LogP contribution is 2.18. The van der Waals surface area contributed by atoms with Gasteiger partial charge in [-0.2, -0.15) is 0 Å². The van der Waals surface area contributed by atoms with Gasteiger partial charge in [0.1, 0.15) is 5.82 Å². The average molecular weight is 293 g/mol. The highest BCUT2D eigenvalue weighted by molar-refractivity contribution is 6.30. The summed E-state index contributed by atoms with van der Waals surface area (Å²) in [5.41, 5.74) is 1.54. The van der Waals surface area contributed by atoms with Crippen LogP contribution in [0.5, 0.6) is 0 Å². The monoisotopic (exact) mass is 292 g/mol. The van der Waals surface area contributed by atoms with Crippen molar-refractivity contribution in [3.8, 4) is 0 Å². The first-order valence-electron chi connectivity index (χ1n) is 6.15. The van der Waals surface area contributed by atoms with E-state index < -0.39 is 5.82 Å². The van der Waals surface area contributed by atoms with Crippen molar-refractivity contribution >= 4 is 23.2 Å². The normalized spacial score (nSPS) is 10.1. The minimum Gasteiger partial charge on any atom is -0.376 e. The number of carbonyl (C=O) groups is 1. The lowest BCUT2D eigenvalue weighted by Crippen LogP contribution is -2.29. The van der Waals surface area contributed by atoms with Crippen LogP contribution >= 0.6 is 11.6 Å². The van der Waals surface area contributed by atoms with Crippen LogP contribution in [-0.2, 0) is 11.3 Å². The minimum absolute atomic E-state index is 0.0593. The van der Waals surface area contributed by atoms with E-state index in [2.05, 4.69) is 10.6 Å². The molecule has 0 aliphatic rings. The van der Waals surface area contributed by atoms with Gasteiger partial charge in [0, 0.05) is 12.2 Å². The van der Waals surface area contributed by atoms with Crippen molar-refractivity contribution < 1.29 is 9.18 Å². The molecule has 3 nitrogen and oxygen atoms in total. The Morgan fingerprint density at radius 2 is 1.90 bits per heavy atom. The second-order valence-corrected chi connectivity index (χ2v) is 4.65. The minimum atomic E-state index is -0.513. The van der Waals surface area contributed by atoms with Crippen LogP contribution in [0, 0.1) is 5.82 Å². The van der Waals surface area contributed by atoms with Gasteiger partial charge in [0.05, 0.1) is 11.6 Å². The van der Waals surface area contributed by atoms with E-state index in [1.807, 2.05) is 30.3 Å². The fraction of sp³-hybridized carbons (Fsp3) is 0.133. The first kappa shape index (κ1) is 14.3. The summed E-state index contributed by atoms with van der Waals surface area (Å²) in [6.07, 6.45) is 0. The summed E-state index contributed by atoms with van der Waals surface area (Å²) in [7, 11) is 0. The molecule has 0 aliphatic carbocycles. The largest absolute Gasteiger partial charge is 0.376 e. The summed E-state index contributed by atoms with van der Waals surface area (Å²) < 4.78 is 13.2. The van der Waals surface area contributed by atoms with Gasteiger partial charge in [-0.15, -0.1) is 0 Å². The highest BCUT2D eigenvalue weighted by atomic mass is 35.5. The van der Waals surface area contributed by atoms with Crippen LogP contribution in [0.1, 0.15) is 5.56 Å². The molecule has 5 heteroatoms. The molecule has 0 aliphatic heterocycles. The van der Waals surface area contributed by atoms with Crippen molar-refractivity contribution in [2.24, 2.45) is 0 Å². The molecular formula is C15H14ClFN2O. The molecule has 2 N–H and O–H groups in total. The first-order valence-corrected chi connectivity index (χ1v) is 6.52. The zero-order valence-corrected chi connectivity index (χ0v) is 11.5. The summed E-state index contributed by atoms with van der Waals surface area (Å²) in [5.74, 6) is -0.675. The van der Waals surface area contributed by atoms with Gasteiger partial charge in [-0.3, -0.25) is 4.79 Å². The quantitative estimate of drug-likeness (QED) is 0.888. The molecule has 0 heterocycles. The van der Waals surface area contributed by atoms with Gasteiger partial charge in [0.15, 0.2) is 0 Å². The predicted molar refractivity (Wildman–Crippen MR) is 78.2 cm³/mol. The van der Waals surface area contributed by atoms with Gasteiger partial charge in [-0.05, 0) is 23.8 Å². The molecule has 0 unspecified atom stereocenters. The number of hydrogen-bond donors (Lipinski definition) is 2. The van der Waals surface area contributed by atoms with E-state index in [1.54, 1.807) is 6.07 Å². The number of nitrogens with one attached hydrogen (secondary N) is 2. The van der Waals surface area contributed by atoms with Crippen molar-refractivity contribution in [3.05, 3.63) is 64.9 Å². The number of carbonyl (C=O) groups excluding carboxylic acids is 1. The Labute approximate surface area is 121 Å². The second kappa shape index (κ2) is 6.91. The molecule has 2 rings (SSSR count). The fourth-order valence-corrected chi connectivity index (χ4v) is 1.76. The standard InChI is InChI=1S/C15H14ClFN2O/c16-13-7-6-12(8-14(13)17)18-10-15(20)19-9-11-4-2-1-3-5-11/h1-8,18H,9-10H2,(H,19,20). The molecule has 0 aromatic heterocycles. The van der Waals surface area contributed by atoms with Gasteiger partial charge in [-0.25, -0.2) is 4.39 Å². The smallest absolute Gasteiger partial charge is 0.239 e. The molecule has 104 valence electrons. The van der Waals surface area contributed by atoms with Gasteiger partial charge >= 0.3 is 0 Å². The predicted octanol–water partition coefficient (Wildman–Crippen LogP) is 3.21. The summed E-state index contributed by atoms with van der Waals surface area (Å²) in [6, 6.07) is 13.9. The first-order chi connectivity index (χ1) is 9.65. The summed E-state index contributed by atoms with van der Waals surface area (Å²) in [4.78, 5) is 11.6. The maximum atomic E-state index is 13.2. The maximum Gasteiger partial charge on any atom is 0.239 e. The molecule has 0 saturated carbocycles. The van der Waals surface area contributed by atoms with Crippen LogP contribution in [0.4, 0.5) is 10.1 Å². The molecule has 0 fully saturated rings.